The molecule has 2 aromatic carbocycles. The number of rotatable bonds is 8. The topological polar surface area (TPSA) is 140 Å². The molecule has 4 aromatic rings. The van der Waals surface area contributed by atoms with Gasteiger partial charge in [-0.15, -0.1) is 11.3 Å². The number of anilines is 2. The first-order chi connectivity index (χ1) is 15.8. The molecule has 14 heteroatoms. The molecule has 2 aromatic heterocycles. The summed E-state index contributed by atoms with van der Waals surface area (Å²) in [5.74, 6) is 0.307. The first-order valence-electron chi connectivity index (χ1n) is 9.14. The van der Waals surface area contributed by atoms with Gasteiger partial charge in [0.1, 0.15) is 17.1 Å². The lowest BCUT2D eigenvalue weighted by atomic mass is 10.3. The first-order valence-corrected chi connectivity index (χ1v) is 11.9. The molecule has 0 bridgehead atoms. The molecule has 0 amide bonds. The highest BCUT2D eigenvalue weighted by Gasteiger charge is 2.22. The Balaban J connectivity index is 1.60. The molecular weight excluding hydrogens is 492 g/mol. The van der Waals surface area contributed by atoms with Gasteiger partial charge in [-0.25, -0.2) is 13.4 Å². The van der Waals surface area contributed by atoms with Gasteiger partial charge in [0, 0.05) is 17.6 Å². The summed E-state index contributed by atoms with van der Waals surface area (Å²) in [5, 5.41) is 17.6. The van der Waals surface area contributed by atoms with Crippen molar-refractivity contribution < 1.29 is 18.1 Å². The van der Waals surface area contributed by atoms with Crippen LogP contribution in [-0.4, -0.2) is 36.1 Å². The van der Waals surface area contributed by atoms with Crippen LogP contribution in [0, 0.1) is 10.1 Å². The van der Waals surface area contributed by atoms with E-state index in [0.29, 0.717) is 16.4 Å². The number of aromatic nitrogens is 2. The highest BCUT2D eigenvalue weighted by atomic mass is 35.5. The molecule has 0 atom stereocenters. The summed E-state index contributed by atoms with van der Waals surface area (Å²) in [6, 6.07) is 9.84. The Bertz CT molecular complexity index is 1480. The number of para-hydroxylation sites is 2. The van der Waals surface area contributed by atoms with Gasteiger partial charge in [-0.3, -0.25) is 24.7 Å². The second-order valence-electron chi connectivity index (χ2n) is 6.46. The summed E-state index contributed by atoms with van der Waals surface area (Å²) in [6.45, 7) is 0. The van der Waals surface area contributed by atoms with Gasteiger partial charge < -0.3 is 4.74 Å². The predicted molar refractivity (Wildman–Crippen MR) is 126 cm³/mol. The standard InChI is InChI=1S/C19H15ClN6O5S2/c1-31-17-5-3-2-4-14(17)24-33(29,30)12-6-7-13(15(10-12)26(27)28)23-21-11-16-18(20)22-19-25(16)8-9-32-19/h2-11,23-24H,1H3/b21-11-. The highest BCUT2D eigenvalue weighted by molar-refractivity contribution is 7.92. The van der Waals surface area contributed by atoms with Crippen LogP contribution < -0.4 is 14.9 Å². The number of methoxy groups -OCH3 is 1. The average Bonchev–Trinajstić information content (AvgIpc) is 3.35. The quantitative estimate of drug-likeness (QED) is 0.207. The van der Waals surface area contributed by atoms with Crippen molar-refractivity contribution >= 4 is 61.2 Å². The molecule has 0 aliphatic heterocycles. The van der Waals surface area contributed by atoms with E-state index in [0.717, 1.165) is 6.07 Å². The fourth-order valence-electron chi connectivity index (χ4n) is 2.91. The fourth-order valence-corrected chi connectivity index (χ4v) is 4.99. The number of nitrogens with one attached hydrogen (secondary N) is 2. The number of nitro benzene ring substituents is 1. The van der Waals surface area contributed by atoms with Crippen LogP contribution in [0.4, 0.5) is 17.1 Å². The number of fused-ring (bicyclic) bond motifs is 1. The van der Waals surface area contributed by atoms with Crippen LogP contribution in [0.5, 0.6) is 5.75 Å². The van der Waals surface area contributed by atoms with Crippen LogP contribution in [0.25, 0.3) is 4.96 Å². The number of benzene rings is 2. The number of hydrogen-bond acceptors (Lipinski definition) is 9. The summed E-state index contributed by atoms with van der Waals surface area (Å²) in [4.78, 5) is 15.4. The molecule has 2 N–H and O–H groups in total. The summed E-state index contributed by atoms with van der Waals surface area (Å²) in [6.07, 6.45) is 3.13. The summed E-state index contributed by atoms with van der Waals surface area (Å²) >= 11 is 7.49. The molecule has 0 saturated heterocycles. The van der Waals surface area contributed by atoms with Gasteiger partial charge >= 0.3 is 0 Å². The van der Waals surface area contributed by atoms with Crippen LogP contribution in [-0.2, 0) is 10.0 Å². The van der Waals surface area contributed by atoms with Crippen LogP contribution in [0.1, 0.15) is 5.69 Å². The fraction of sp³-hybridized carbons (Fsp3) is 0.0526. The molecule has 11 nitrogen and oxygen atoms in total. The van der Waals surface area contributed by atoms with Gasteiger partial charge in [-0.05, 0) is 24.3 Å². The number of halogens is 1. The van der Waals surface area contributed by atoms with Gasteiger partial charge in [-0.2, -0.15) is 5.10 Å². The lowest BCUT2D eigenvalue weighted by molar-refractivity contribution is -0.384. The third-order valence-corrected chi connectivity index (χ3v) is 6.85. The number of thiazole rings is 1. The molecule has 0 spiro atoms. The van der Waals surface area contributed by atoms with Gasteiger partial charge in [0.05, 0.1) is 28.8 Å². The minimum Gasteiger partial charge on any atom is -0.495 e. The number of sulfonamides is 1. The minimum atomic E-state index is -4.13. The molecule has 0 saturated carbocycles. The lowest BCUT2D eigenvalue weighted by Gasteiger charge is -2.12. The van der Waals surface area contributed by atoms with E-state index in [1.165, 1.54) is 42.9 Å². The van der Waals surface area contributed by atoms with E-state index >= 15 is 0 Å². The predicted octanol–water partition coefficient (Wildman–Crippen LogP) is 4.21. The maximum atomic E-state index is 12.8. The summed E-state index contributed by atoms with van der Waals surface area (Å²) in [5.41, 5.74) is 2.77. The number of nitro groups is 1. The highest BCUT2D eigenvalue weighted by Crippen LogP contribution is 2.31. The van der Waals surface area contributed by atoms with Crippen molar-refractivity contribution in [3.63, 3.8) is 0 Å². The number of ether oxygens (including phenoxy) is 1. The van der Waals surface area contributed by atoms with Crippen molar-refractivity contribution in [2.24, 2.45) is 5.10 Å². The molecule has 2 heterocycles. The van der Waals surface area contributed by atoms with E-state index in [4.69, 9.17) is 16.3 Å². The second kappa shape index (κ2) is 9.05. The molecule has 170 valence electrons. The normalized spacial score (nSPS) is 11.7. The van der Waals surface area contributed by atoms with Crippen LogP contribution in [0.2, 0.25) is 5.15 Å². The van der Waals surface area contributed by atoms with Crippen molar-refractivity contribution in [1.82, 2.24) is 9.38 Å². The Morgan fingerprint density at radius 1 is 1.27 bits per heavy atom. The van der Waals surface area contributed by atoms with E-state index in [1.807, 2.05) is 5.38 Å². The van der Waals surface area contributed by atoms with Gasteiger partial charge in [0.25, 0.3) is 15.7 Å². The van der Waals surface area contributed by atoms with Gasteiger partial charge in [-0.1, -0.05) is 23.7 Å². The lowest BCUT2D eigenvalue weighted by Crippen LogP contribution is -2.14. The van der Waals surface area contributed by atoms with Crippen LogP contribution in [0.3, 0.4) is 0 Å². The summed E-state index contributed by atoms with van der Waals surface area (Å²) in [7, 11) is -2.72. The van der Waals surface area contributed by atoms with Gasteiger partial charge in [0.2, 0.25) is 0 Å². The Kier molecular flexibility index (Phi) is 6.18. The Labute approximate surface area is 196 Å². The number of nitrogens with zero attached hydrogens (tertiary/aromatic N) is 4. The average molecular weight is 507 g/mol. The molecule has 4 rings (SSSR count). The molecule has 0 aliphatic carbocycles. The van der Waals surface area contributed by atoms with E-state index in [1.54, 1.807) is 28.8 Å². The molecule has 0 unspecified atom stereocenters. The van der Waals surface area contributed by atoms with Crippen LogP contribution in [0.15, 0.2) is 64.0 Å². The maximum absolute atomic E-state index is 12.8. The van der Waals surface area contributed by atoms with Crippen molar-refractivity contribution in [1.29, 1.82) is 0 Å². The Morgan fingerprint density at radius 3 is 2.82 bits per heavy atom. The maximum Gasteiger partial charge on any atom is 0.295 e. The Hall–Kier alpha value is -3.68. The minimum absolute atomic E-state index is 0.00491. The zero-order valence-corrected chi connectivity index (χ0v) is 19.2. The van der Waals surface area contributed by atoms with Crippen molar-refractivity contribution in [3.8, 4) is 5.75 Å². The number of hydrogen-bond donors (Lipinski definition) is 2. The molecule has 0 aliphatic rings. The van der Waals surface area contributed by atoms with Crippen molar-refractivity contribution in [2.45, 2.75) is 4.90 Å². The third kappa shape index (κ3) is 4.60. The zero-order chi connectivity index (χ0) is 23.6. The van der Waals surface area contributed by atoms with Crippen molar-refractivity contribution in [2.75, 3.05) is 17.3 Å². The van der Waals surface area contributed by atoms with E-state index in [-0.39, 0.29) is 21.4 Å². The van der Waals surface area contributed by atoms with Crippen molar-refractivity contribution in [3.05, 3.63) is 75.0 Å². The zero-order valence-electron chi connectivity index (χ0n) is 16.8. The van der Waals surface area contributed by atoms with E-state index in [2.05, 4.69) is 20.2 Å². The molecule has 33 heavy (non-hydrogen) atoms. The third-order valence-electron chi connectivity index (χ3n) is 4.45. The number of hydrazone groups is 1. The first kappa shape index (κ1) is 22.5. The number of imidazole rings is 1. The molecule has 0 radical (unpaired) electrons. The second-order valence-corrected chi connectivity index (χ2v) is 9.37. The Morgan fingerprint density at radius 2 is 2.06 bits per heavy atom. The van der Waals surface area contributed by atoms with Gasteiger partial charge in [0.15, 0.2) is 10.1 Å². The smallest absolute Gasteiger partial charge is 0.295 e. The van der Waals surface area contributed by atoms with E-state index < -0.39 is 20.6 Å². The SMILES string of the molecule is COc1ccccc1NS(=O)(=O)c1ccc(N/N=C\c2c(Cl)nc3sccn23)c([N+](=O)[O-])c1. The monoisotopic (exact) mass is 506 g/mol. The summed E-state index contributed by atoms with van der Waals surface area (Å²) < 4.78 is 34.8. The van der Waals surface area contributed by atoms with Crippen LogP contribution >= 0.6 is 22.9 Å². The molecular formula is C19H15ClN6O5S2. The largest absolute Gasteiger partial charge is 0.495 e. The van der Waals surface area contributed by atoms with E-state index in [9.17, 15) is 18.5 Å². The molecule has 0 fully saturated rings.